The van der Waals surface area contributed by atoms with Crippen LogP contribution in [-0.2, 0) is 10.0 Å². The molecule has 3 aromatic heterocycles. The number of aliphatic hydroxyl groups excluding tert-OH is 1. The summed E-state index contributed by atoms with van der Waals surface area (Å²) in [5.74, 6) is -3.64. The number of carbonyl (C=O) groups is 2. The second-order valence-corrected chi connectivity index (χ2v) is 10.6. The first-order valence-electron chi connectivity index (χ1n) is 12.1. The molecule has 220 valence electrons. The Kier molecular flexibility index (Phi) is 7.55. The third-order valence-corrected chi connectivity index (χ3v) is 7.42. The lowest BCUT2D eigenvalue weighted by Gasteiger charge is -2.08. The molecule has 0 unspecified atom stereocenters. The summed E-state index contributed by atoms with van der Waals surface area (Å²) >= 11 is 0. The summed E-state index contributed by atoms with van der Waals surface area (Å²) in [5, 5.41) is 63.5. The predicted molar refractivity (Wildman–Crippen MR) is 144 cm³/mol. The summed E-state index contributed by atoms with van der Waals surface area (Å²) in [7, 11) is -4.15. The smallest absolute Gasteiger partial charge is 0.339 e. The van der Waals surface area contributed by atoms with Gasteiger partial charge in [0.05, 0.1) is 46.7 Å². The van der Waals surface area contributed by atoms with E-state index in [1.165, 1.54) is 70.3 Å². The van der Waals surface area contributed by atoms with Crippen LogP contribution in [0.4, 0.5) is 0 Å². The van der Waals surface area contributed by atoms with Gasteiger partial charge in [-0.05, 0) is 36.4 Å². The number of pyridine rings is 1. The van der Waals surface area contributed by atoms with Crippen LogP contribution < -0.4 is 4.72 Å². The van der Waals surface area contributed by atoms with Crippen molar-refractivity contribution in [3.63, 3.8) is 0 Å². The van der Waals surface area contributed by atoms with Gasteiger partial charge in [0.1, 0.15) is 34.0 Å². The van der Waals surface area contributed by atoms with E-state index in [2.05, 4.69) is 30.3 Å². The van der Waals surface area contributed by atoms with Gasteiger partial charge < -0.3 is 25.5 Å². The van der Waals surface area contributed by atoms with E-state index in [1.54, 1.807) is 0 Å². The summed E-state index contributed by atoms with van der Waals surface area (Å²) in [6.07, 6.45) is 2.75. The average Bonchev–Trinajstić information content (AvgIpc) is 3.66. The number of phenols is 2. The van der Waals surface area contributed by atoms with E-state index < -0.39 is 40.1 Å². The van der Waals surface area contributed by atoms with Gasteiger partial charge in [0.25, 0.3) is 0 Å². The van der Waals surface area contributed by atoms with Crippen LogP contribution in [0.15, 0.2) is 65.8 Å². The summed E-state index contributed by atoms with van der Waals surface area (Å²) in [6.45, 7) is -0.707. The van der Waals surface area contributed by atoms with Crippen molar-refractivity contribution in [3.8, 4) is 45.6 Å². The molecule has 0 amide bonds. The van der Waals surface area contributed by atoms with Gasteiger partial charge >= 0.3 is 11.9 Å². The van der Waals surface area contributed by atoms with Crippen molar-refractivity contribution in [1.82, 2.24) is 39.7 Å². The van der Waals surface area contributed by atoms with E-state index in [1.807, 2.05) is 0 Å². The van der Waals surface area contributed by atoms with Crippen LogP contribution in [0.5, 0.6) is 11.5 Å². The van der Waals surface area contributed by atoms with Crippen LogP contribution in [-0.4, -0.2) is 94.0 Å². The molecule has 5 aromatic rings. The summed E-state index contributed by atoms with van der Waals surface area (Å²) in [5.41, 5.74) is 0.169. The summed E-state index contributed by atoms with van der Waals surface area (Å²) < 4.78 is 30.6. The largest absolute Gasteiger partial charge is 0.507 e. The van der Waals surface area contributed by atoms with E-state index >= 15 is 0 Å². The molecular formula is C25H20N8O9S. The molecule has 3 heterocycles. The highest BCUT2D eigenvalue weighted by atomic mass is 32.2. The van der Waals surface area contributed by atoms with Crippen LogP contribution in [0.2, 0.25) is 0 Å². The third-order valence-electron chi connectivity index (χ3n) is 5.98. The Labute approximate surface area is 241 Å². The minimum atomic E-state index is -4.15. The van der Waals surface area contributed by atoms with Crippen molar-refractivity contribution in [2.45, 2.75) is 4.90 Å². The number of aliphatic hydroxyl groups is 1. The molecule has 5 rings (SSSR count). The Morgan fingerprint density at radius 3 is 1.60 bits per heavy atom. The van der Waals surface area contributed by atoms with E-state index in [0.717, 1.165) is 0 Å². The number of hydrogen-bond acceptors (Lipinski definition) is 12. The molecule has 2 aromatic carbocycles. The molecule has 0 fully saturated rings. The minimum Gasteiger partial charge on any atom is -0.507 e. The number of aromatic hydroxyl groups is 2. The SMILES string of the molecule is O=C(O)c1ccc(-n2cc(-c3cc(S(=O)(=O)NCCO)cc(-c4cn(-c5ccc(C(=O)O)c(O)c5)nn4)n3)nn2)cc1O. The Morgan fingerprint density at radius 1 is 0.744 bits per heavy atom. The molecule has 0 saturated carbocycles. The first kappa shape index (κ1) is 28.8. The zero-order valence-corrected chi connectivity index (χ0v) is 22.4. The van der Waals surface area contributed by atoms with E-state index in [9.17, 15) is 28.2 Å². The number of rotatable bonds is 10. The van der Waals surface area contributed by atoms with Gasteiger partial charge in [-0.15, -0.1) is 10.2 Å². The molecule has 0 bridgehead atoms. The van der Waals surface area contributed by atoms with Gasteiger partial charge in [0, 0.05) is 18.7 Å². The monoisotopic (exact) mass is 608 g/mol. The standard InChI is InChI=1S/C25H20N8O9S/c34-6-5-26-43(41,42)15-9-18(20-11-32(30-28-20)13-1-3-16(24(37)38)22(35)7-13)27-19(10-15)21-12-33(31-29-21)14-2-4-17(25(39)40)23(36)8-14/h1-4,7-12,26,34-36H,5-6H2,(H,37,38)(H,39,40). The predicted octanol–water partition coefficient (Wildman–Crippen LogP) is 0.655. The first-order chi connectivity index (χ1) is 20.5. The Hall–Kier alpha value is -5.72. The van der Waals surface area contributed by atoms with Gasteiger partial charge in [0.2, 0.25) is 10.0 Å². The van der Waals surface area contributed by atoms with Gasteiger partial charge in [-0.25, -0.2) is 37.1 Å². The number of benzene rings is 2. The highest BCUT2D eigenvalue weighted by Gasteiger charge is 2.21. The number of aromatic nitrogens is 7. The zero-order valence-electron chi connectivity index (χ0n) is 21.6. The molecule has 18 heteroatoms. The molecule has 43 heavy (non-hydrogen) atoms. The molecule has 0 spiro atoms. The highest BCUT2D eigenvalue weighted by molar-refractivity contribution is 7.89. The lowest BCUT2D eigenvalue weighted by molar-refractivity contribution is 0.0682. The van der Waals surface area contributed by atoms with Crippen molar-refractivity contribution in [2.24, 2.45) is 0 Å². The summed E-state index contributed by atoms with van der Waals surface area (Å²) in [4.78, 5) is 26.6. The molecular weight excluding hydrogens is 588 g/mol. The van der Waals surface area contributed by atoms with Crippen molar-refractivity contribution in [1.29, 1.82) is 0 Å². The number of carboxylic acids is 2. The average molecular weight is 609 g/mol. The van der Waals surface area contributed by atoms with Gasteiger partial charge in [0.15, 0.2) is 0 Å². The third kappa shape index (κ3) is 5.86. The molecule has 0 saturated heterocycles. The fourth-order valence-corrected chi connectivity index (χ4v) is 4.95. The van der Waals surface area contributed by atoms with Crippen LogP contribution in [0, 0.1) is 0 Å². The number of hydrogen-bond donors (Lipinski definition) is 6. The van der Waals surface area contributed by atoms with Gasteiger partial charge in [-0.2, -0.15) is 0 Å². The molecule has 17 nitrogen and oxygen atoms in total. The Morgan fingerprint density at radius 2 is 1.21 bits per heavy atom. The molecule has 0 aliphatic heterocycles. The second-order valence-electron chi connectivity index (χ2n) is 8.80. The Balaban J connectivity index is 1.56. The van der Waals surface area contributed by atoms with Crippen LogP contribution >= 0.6 is 0 Å². The van der Waals surface area contributed by atoms with Crippen LogP contribution in [0.1, 0.15) is 20.7 Å². The highest BCUT2D eigenvalue weighted by Crippen LogP contribution is 2.28. The molecule has 0 atom stereocenters. The molecule has 0 radical (unpaired) electrons. The number of nitrogens with zero attached hydrogens (tertiary/aromatic N) is 7. The first-order valence-corrected chi connectivity index (χ1v) is 13.6. The van der Waals surface area contributed by atoms with E-state index in [0.29, 0.717) is 0 Å². The zero-order chi connectivity index (χ0) is 30.9. The van der Waals surface area contributed by atoms with E-state index in [-0.39, 0.29) is 56.7 Å². The van der Waals surface area contributed by atoms with Crippen molar-refractivity contribution in [3.05, 3.63) is 72.1 Å². The second kappa shape index (κ2) is 11.3. The van der Waals surface area contributed by atoms with Crippen LogP contribution in [0.3, 0.4) is 0 Å². The maximum Gasteiger partial charge on any atom is 0.339 e. The quantitative estimate of drug-likeness (QED) is 0.127. The number of aromatic carboxylic acids is 2. The van der Waals surface area contributed by atoms with E-state index in [4.69, 9.17) is 15.3 Å². The van der Waals surface area contributed by atoms with Crippen molar-refractivity contribution < 1.29 is 43.5 Å². The normalized spacial score (nSPS) is 11.5. The van der Waals surface area contributed by atoms with Crippen molar-refractivity contribution >= 4 is 22.0 Å². The van der Waals surface area contributed by atoms with Crippen LogP contribution in [0.25, 0.3) is 34.2 Å². The Bertz CT molecular complexity index is 1870. The maximum atomic E-state index is 13.0. The number of nitrogens with one attached hydrogen (secondary N) is 1. The minimum absolute atomic E-state index is 0.0394. The lowest BCUT2D eigenvalue weighted by atomic mass is 10.2. The summed E-state index contributed by atoms with van der Waals surface area (Å²) in [6, 6.07) is 9.91. The molecule has 6 N–H and O–H groups in total. The fourth-order valence-electron chi connectivity index (χ4n) is 3.89. The van der Waals surface area contributed by atoms with Gasteiger partial charge in [-0.1, -0.05) is 10.4 Å². The number of sulfonamides is 1. The van der Waals surface area contributed by atoms with Crippen molar-refractivity contribution in [2.75, 3.05) is 13.2 Å². The maximum absolute atomic E-state index is 13.0. The molecule has 0 aliphatic carbocycles. The lowest BCUT2D eigenvalue weighted by Crippen LogP contribution is -2.26. The molecule has 0 aliphatic rings. The number of carboxylic acid groups (broad SMARTS) is 2. The fraction of sp³-hybridized carbons (Fsp3) is 0.0800. The van der Waals surface area contributed by atoms with Gasteiger partial charge in [-0.3, -0.25) is 0 Å². The topological polar surface area (TPSA) is 256 Å².